The van der Waals surface area contributed by atoms with Crippen LogP contribution in [0.25, 0.3) is 0 Å². The lowest BCUT2D eigenvalue weighted by Crippen LogP contribution is -2.35. The minimum atomic E-state index is -3.37. The SMILES string of the molecule is Cc1cc(CN)ccc1S(=O)(=O)N(CC1CC1)CC1CC1. The van der Waals surface area contributed by atoms with Crippen molar-refractivity contribution in [1.29, 1.82) is 0 Å². The Kier molecular flexibility index (Phi) is 4.08. The van der Waals surface area contributed by atoms with Gasteiger partial charge in [0.1, 0.15) is 0 Å². The molecule has 0 bridgehead atoms. The van der Waals surface area contributed by atoms with Gasteiger partial charge in [0.05, 0.1) is 4.90 Å². The Morgan fingerprint density at radius 1 is 1.14 bits per heavy atom. The molecule has 0 amide bonds. The van der Waals surface area contributed by atoms with Crippen LogP contribution in [0.5, 0.6) is 0 Å². The van der Waals surface area contributed by atoms with E-state index in [0.717, 1.165) is 11.1 Å². The van der Waals surface area contributed by atoms with Gasteiger partial charge < -0.3 is 5.73 Å². The van der Waals surface area contributed by atoms with Gasteiger partial charge in [0.2, 0.25) is 10.0 Å². The molecule has 0 aliphatic heterocycles. The molecule has 2 aliphatic rings. The van der Waals surface area contributed by atoms with Crippen molar-refractivity contribution in [3.63, 3.8) is 0 Å². The molecular weight excluding hydrogens is 284 g/mol. The van der Waals surface area contributed by atoms with E-state index in [9.17, 15) is 8.42 Å². The summed E-state index contributed by atoms with van der Waals surface area (Å²) >= 11 is 0. The van der Waals surface area contributed by atoms with E-state index >= 15 is 0 Å². The second kappa shape index (κ2) is 5.71. The Balaban J connectivity index is 1.87. The molecule has 0 unspecified atom stereocenters. The van der Waals surface area contributed by atoms with E-state index in [1.54, 1.807) is 10.4 Å². The van der Waals surface area contributed by atoms with Crippen LogP contribution in [0.3, 0.4) is 0 Å². The molecular formula is C16H24N2O2S. The minimum absolute atomic E-state index is 0.440. The summed E-state index contributed by atoms with van der Waals surface area (Å²) in [4.78, 5) is 0.445. The molecule has 0 atom stereocenters. The molecule has 2 N–H and O–H groups in total. The van der Waals surface area contributed by atoms with Gasteiger partial charge in [-0.15, -0.1) is 0 Å². The highest BCUT2D eigenvalue weighted by Crippen LogP contribution is 2.36. The van der Waals surface area contributed by atoms with Crippen molar-refractivity contribution < 1.29 is 8.42 Å². The van der Waals surface area contributed by atoms with Crippen molar-refractivity contribution in [2.75, 3.05) is 13.1 Å². The van der Waals surface area contributed by atoms with Gasteiger partial charge in [0.25, 0.3) is 0 Å². The Hall–Kier alpha value is -0.910. The molecule has 1 aromatic rings. The van der Waals surface area contributed by atoms with E-state index in [1.165, 1.54) is 25.7 Å². The maximum absolute atomic E-state index is 13.0. The minimum Gasteiger partial charge on any atom is -0.326 e. The molecule has 2 fully saturated rings. The van der Waals surface area contributed by atoms with Gasteiger partial charge >= 0.3 is 0 Å². The average molecular weight is 308 g/mol. The average Bonchev–Trinajstić information content (AvgIpc) is 3.32. The standard InChI is InChI=1S/C16H24N2O2S/c1-12-8-15(9-17)6-7-16(12)21(19,20)18(10-13-2-3-13)11-14-4-5-14/h6-8,13-14H,2-5,9-11,17H2,1H3. The third kappa shape index (κ3) is 3.47. The second-order valence-electron chi connectivity index (χ2n) is 6.51. The summed E-state index contributed by atoms with van der Waals surface area (Å²) in [6, 6.07) is 5.44. The van der Waals surface area contributed by atoms with Crippen molar-refractivity contribution in [1.82, 2.24) is 4.31 Å². The second-order valence-corrected chi connectivity index (χ2v) is 8.42. The third-order valence-corrected chi connectivity index (χ3v) is 6.40. The molecule has 2 saturated carbocycles. The van der Waals surface area contributed by atoms with Gasteiger partial charge in [-0.2, -0.15) is 4.31 Å². The smallest absolute Gasteiger partial charge is 0.243 e. The van der Waals surface area contributed by atoms with Crippen LogP contribution in [-0.4, -0.2) is 25.8 Å². The molecule has 1 aromatic carbocycles. The Labute approximate surface area is 127 Å². The fraction of sp³-hybridized carbons (Fsp3) is 0.625. The first kappa shape index (κ1) is 15.0. The number of sulfonamides is 1. The van der Waals surface area contributed by atoms with Crippen LogP contribution in [0, 0.1) is 18.8 Å². The van der Waals surface area contributed by atoms with Gasteiger partial charge in [0.15, 0.2) is 0 Å². The summed E-state index contributed by atoms with van der Waals surface area (Å²) in [5.41, 5.74) is 7.40. The van der Waals surface area contributed by atoms with E-state index in [0.29, 0.717) is 36.4 Å². The lowest BCUT2D eigenvalue weighted by molar-refractivity contribution is 0.382. The highest BCUT2D eigenvalue weighted by atomic mass is 32.2. The van der Waals surface area contributed by atoms with Crippen LogP contribution in [0.4, 0.5) is 0 Å². The van der Waals surface area contributed by atoms with Gasteiger partial charge in [-0.25, -0.2) is 8.42 Å². The maximum Gasteiger partial charge on any atom is 0.243 e. The third-order valence-electron chi connectivity index (χ3n) is 4.41. The van der Waals surface area contributed by atoms with Gasteiger partial charge in [-0.1, -0.05) is 12.1 Å². The van der Waals surface area contributed by atoms with Crippen LogP contribution < -0.4 is 5.73 Å². The molecule has 21 heavy (non-hydrogen) atoms. The fourth-order valence-corrected chi connectivity index (χ4v) is 4.51. The summed E-state index contributed by atoms with van der Waals surface area (Å²) in [6.45, 7) is 3.68. The van der Waals surface area contributed by atoms with E-state index in [2.05, 4.69) is 0 Å². The first-order valence-corrected chi connectivity index (χ1v) is 9.24. The van der Waals surface area contributed by atoms with Crippen LogP contribution in [-0.2, 0) is 16.6 Å². The van der Waals surface area contributed by atoms with Gasteiger partial charge in [0, 0.05) is 19.6 Å². The van der Waals surface area contributed by atoms with Gasteiger partial charge in [-0.05, 0) is 61.6 Å². The van der Waals surface area contributed by atoms with Gasteiger partial charge in [-0.3, -0.25) is 0 Å². The molecule has 0 heterocycles. The highest BCUT2D eigenvalue weighted by molar-refractivity contribution is 7.89. The number of hydrogen-bond donors (Lipinski definition) is 1. The maximum atomic E-state index is 13.0. The van der Waals surface area contributed by atoms with E-state index in [4.69, 9.17) is 5.73 Å². The van der Waals surface area contributed by atoms with Crippen LogP contribution >= 0.6 is 0 Å². The number of nitrogens with zero attached hydrogens (tertiary/aromatic N) is 1. The number of nitrogens with two attached hydrogens (primary N) is 1. The molecule has 5 heteroatoms. The largest absolute Gasteiger partial charge is 0.326 e. The summed E-state index contributed by atoms with van der Waals surface area (Å²) in [5, 5.41) is 0. The summed E-state index contributed by atoms with van der Waals surface area (Å²) in [6.07, 6.45) is 4.67. The fourth-order valence-electron chi connectivity index (χ4n) is 2.71. The summed E-state index contributed by atoms with van der Waals surface area (Å²) in [7, 11) is -3.37. The molecule has 0 spiro atoms. The molecule has 0 radical (unpaired) electrons. The number of aryl methyl sites for hydroxylation is 1. The zero-order valence-corrected chi connectivity index (χ0v) is 13.4. The topological polar surface area (TPSA) is 63.4 Å². The van der Waals surface area contributed by atoms with Crippen molar-refractivity contribution in [3.8, 4) is 0 Å². The summed E-state index contributed by atoms with van der Waals surface area (Å²) in [5.74, 6) is 1.14. The molecule has 0 aromatic heterocycles. The van der Waals surface area contributed by atoms with Crippen LogP contribution in [0.2, 0.25) is 0 Å². The first-order chi connectivity index (χ1) is 10.0. The van der Waals surface area contributed by atoms with Crippen molar-refractivity contribution in [2.24, 2.45) is 17.6 Å². The molecule has 4 nitrogen and oxygen atoms in total. The number of hydrogen-bond acceptors (Lipinski definition) is 3. The van der Waals surface area contributed by atoms with E-state index < -0.39 is 10.0 Å². The lowest BCUT2D eigenvalue weighted by Gasteiger charge is -2.23. The Morgan fingerprint density at radius 2 is 1.71 bits per heavy atom. The zero-order chi connectivity index (χ0) is 15.0. The van der Waals surface area contributed by atoms with E-state index in [1.807, 2.05) is 19.1 Å². The summed E-state index contributed by atoms with van der Waals surface area (Å²) < 4.78 is 27.7. The Bertz CT molecular complexity index is 605. The Morgan fingerprint density at radius 3 is 2.14 bits per heavy atom. The zero-order valence-electron chi connectivity index (χ0n) is 12.6. The number of rotatable bonds is 7. The molecule has 0 saturated heterocycles. The molecule has 2 aliphatic carbocycles. The predicted molar refractivity (Wildman–Crippen MR) is 83.3 cm³/mol. The number of benzene rings is 1. The lowest BCUT2D eigenvalue weighted by atomic mass is 10.1. The van der Waals surface area contributed by atoms with E-state index in [-0.39, 0.29) is 0 Å². The van der Waals surface area contributed by atoms with Crippen LogP contribution in [0.15, 0.2) is 23.1 Å². The predicted octanol–water partition coefficient (Wildman–Crippen LogP) is 2.26. The normalized spacial score (nSPS) is 19.2. The van der Waals surface area contributed by atoms with Crippen LogP contribution in [0.1, 0.15) is 36.8 Å². The molecule has 3 rings (SSSR count). The molecule has 116 valence electrons. The van der Waals surface area contributed by atoms with Crippen molar-refractivity contribution >= 4 is 10.0 Å². The monoisotopic (exact) mass is 308 g/mol. The highest BCUT2D eigenvalue weighted by Gasteiger charge is 2.36. The first-order valence-electron chi connectivity index (χ1n) is 7.80. The van der Waals surface area contributed by atoms with Crippen molar-refractivity contribution in [2.45, 2.75) is 44.0 Å². The van der Waals surface area contributed by atoms with Crippen molar-refractivity contribution in [3.05, 3.63) is 29.3 Å². The quantitative estimate of drug-likeness (QED) is 0.840.